The zero-order valence-corrected chi connectivity index (χ0v) is 16.3. The van der Waals surface area contributed by atoms with Crippen molar-refractivity contribution in [1.29, 1.82) is 0 Å². The number of aryl methyl sites for hydroxylation is 1. The van der Waals surface area contributed by atoms with Crippen LogP contribution in [0.15, 0.2) is 36.4 Å². The lowest BCUT2D eigenvalue weighted by Gasteiger charge is -2.37. The molecule has 0 N–H and O–H groups in total. The molecular formula is C22H27N3O3. The third kappa shape index (κ3) is 3.43. The molecule has 0 unspecified atom stereocenters. The summed E-state index contributed by atoms with van der Waals surface area (Å²) in [7, 11) is 0. The molecule has 3 amide bonds. The predicted octanol–water partition coefficient (Wildman–Crippen LogP) is 1.98. The fourth-order valence-corrected chi connectivity index (χ4v) is 4.57. The first kappa shape index (κ1) is 18.7. The van der Waals surface area contributed by atoms with Gasteiger partial charge in [-0.15, -0.1) is 0 Å². The van der Waals surface area contributed by atoms with E-state index in [1.807, 2.05) is 29.2 Å². The maximum atomic E-state index is 12.6. The van der Waals surface area contributed by atoms with Gasteiger partial charge < -0.3 is 9.80 Å². The number of nitrogens with zero attached hydrogens (tertiary/aromatic N) is 3. The van der Waals surface area contributed by atoms with Crippen LogP contribution in [0.25, 0.3) is 0 Å². The average Bonchev–Trinajstić information content (AvgIpc) is 2.97. The third-order valence-corrected chi connectivity index (χ3v) is 6.24. The van der Waals surface area contributed by atoms with Crippen LogP contribution in [-0.4, -0.2) is 60.2 Å². The molecule has 2 saturated heterocycles. The second-order valence-corrected chi connectivity index (χ2v) is 7.89. The van der Waals surface area contributed by atoms with E-state index >= 15 is 0 Å². The molecule has 2 heterocycles. The Morgan fingerprint density at radius 3 is 2.18 bits per heavy atom. The molecule has 2 fully saturated rings. The topological polar surface area (TPSA) is 60.9 Å². The van der Waals surface area contributed by atoms with Crippen LogP contribution in [0.3, 0.4) is 0 Å². The number of imide groups is 1. The summed E-state index contributed by atoms with van der Waals surface area (Å²) in [5.41, 5.74) is 2.46. The molecule has 6 nitrogen and oxygen atoms in total. The minimum Gasteiger partial charge on any atom is -0.368 e. The molecule has 0 radical (unpaired) electrons. The van der Waals surface area contributed by atoms with Crippen molar-refractivity contribution in [2.45, 2.75) is 26.2 Å². The second-order valence-electron chi connectivity index (χ2n) is 7.89. The SMILES string of the molecule is Cc1ccccc1N1CCN(C(=O)CCN2C(=O)[C@@H]3CC=CC[C@H]3C2=O)CC1. The first-order valence-electron chi connectivity index (χ1n) is 10.1. The first-order valence-corrected chi connectivity index (χ1v) is 10.1. The number of allylic oxidation sites excluding steroid dienone is 2. The third-order valence-electron chi connectivity index (χ3n) is 6.24. The Labute approximate surface area is 165 Å². The molecule has 1 aromatic carbocycles. The van der Waals surface area contributed by atoms with E-state index in [0.717, 1.165) is 13.1 Å². The molecule has 0 aromatic heterocycles. The lowest BCUT2D eigenvalue weighted by atomic mass is 9.85. The number of carbonyl (C=O) groups excluding carboxylic acids is 3. The highest BCUT2D eigenvalue weighted by Gasteiger charge is 2.47. The number of amides is 3. The van der Waals surface area contributed by atoms with Crippen LogP contribution >= 0.6 is 0 Å². The van der Waals surface area contributed by atoms with Gasteiger partial charge in [0.15, 0.2) is 0 Å². The van der Waals surface area contributed by atoms with Crippen LogP contribution in [-0.2, 0) is 14.4 Å². The summed E-state index contributed by atoms with van der Waals surface area (Å²) in [6, 6.07) is 8.29. The molecule has 1 aromatic rings. The number of likely N-dealkylation sites (tertiary alicyclic amines) is 1. The molecule has 6 heteroatoms. The highest BCUT2D eigenvalue weighted by molar-refractivity contribution is 6.05. The predicted molar refractivity (Wildman–Crippen MR) is 107 cm³/mol. The number of hydrogen-bond donors (Lipinski definition) is 0. The van der Waals surface area contributed by atoms with Gasteiger partial charge in [-0.05, 0) is 31.4 Å². The Balaban J connectivity index is 1.29. The Bertz CT molecular complexity index is 785. The van der Waals surface area contributed by atoms with Gasteiger partial charge in [0.25, 0.3) is 0 Å². The smallest absolute Gasteiger partial charge is 0.233 e. The molecule has 3 aliphatic rings. The molecule has 2 atom stereocenters. The Kier molecular flexibility index (Phi) is 5.20. The number of fused-ring (bicyclic) bond motifs is 1. The van der Waals surface area contributed by atoms with Gasteiger partial charge in [0, 0.05) is 44.8 Å². The number of para-hydroxylation sites is 1. The van der Waals surface area contributed by atoms with E-state index in [1.54, 1.807) is 0 Å². The fourth-order valence-electron chi connectivity index (χ4n) is 4.57. The van der Waals surface area contributed by atoms with Crippen molar-refractivity contribution in [3.05, 3.63) is 42.0 Å². The minimum absolute atomic E-state index is 0.0260. The zero-order valence-electron chi connectivity index (χ0n) is 16.3. The normalized spacial score (nSPS) is 24.7. The number of carbonyl (C=O) groups is 3. The molecule has 148 valence electrons. The van der Waals surface area contributed by atoms with Gasteiger partial charge in [-0.25, -0.2) is 0 Å². The van der Waals surface area contributed by atoms with E-state index in [4.69, 9.17) is 0 Å². The number of benzene rings is 1. The monoisotopic (exact) mass is 381 g/mol. The Hall–Kier alpha value is -2.63. The maximum Gasteiger partial charge on any atom is 0.233 e. The molecule has 1 aliphatic carbocycles. The van der Waals surface area contributed by atoms with Gasteiger partial charge in [0.1, 0.15) is 0 Å². The van der Waals surface area contributed by atoms with Crippen LogP contribution in [0.1, 0.15) is 24.8 Å². The van der Waals surface area contributed by atoms with Gasteiger partial charge in [-0.3, -0.25) is 19.3 Å². The summed E-state index contributed by atoms with van der Waals surface area (Å²) in [5.74, 6) is -0.610. The summed E-state index contributed by atoms with van der Waals surface area (Å²) in [6.45, 7) is 5.25. The molecule has 4 rings (SSSR count). The van der Waals surface area contributed by atoms with Gasteiger partial charge in [0.2, 0.25) is 17.7 Å². The van der Waals surface area contributed by atoms with E-state index in [9.17, 15) is 14.4 Å². The lowest BCUT2D eigenvalue weighted by molar-refractivity contribution is -0.140. The van der Waals surface area contributed by atoms with Crippen molar-refractivity contribution >= 4 is 23.4 Å². The van der Waals surface area contributed by atoms with E-state index in [1.165, 1.54) is 16.2 Å². The van der Waals surface area contributed by atoms with Crippen LogP contribution in [0, 0.1) is 18.8 Å². The van der Waals surface area contributed by atoms with E-state index in [2.05, 4.69) is 24.0 Å². The van der Waals surface area contributed by atoms with E-state index < -0.39 is 0 Å². The Morgan fingerprint density at radius 1 is 0.964 bits per heavy atom. The van der Waals surface area contributed by atoms with E-state index in [0.29, 0.717) is 25.9 Å². The van der Waals surface area contributed by atoms with Crippen molar-refractivity contribution in [1.82, 2.24) is 9.80 Å². The molecular weight excluding hydrogens is 354 g/mol. The number of hydrogen-bond acceptors (Lipinski definition) is 4. The molecule has 0 bridgehead atoms. The highest BCUT2D eigenvalue weighted by atomic mass is 16.2. The van der Waals surface area contributed by atoms with E-state index in [-0.39, 0.29) is 42.5 Å². The van der Waals surface area contributed by atoms with Crippen molar-refractivity contribution in [3.63, 3.8) is 0 Å². The van der Waals surface area contributed by atoms with Crippen LogP contribution in [0.5, 0.6) is 0 Å². The number of anilines is 1. The van der Waals surface area contributed by atoms with Crippen molar-refractivity contribution in [2.24, 2.45) is 11.8 Å². The quantitative estimate of drug-likeness (QED) is 0.591. The van der Waals surface area contributed by atoms with Gasteiger partial charge in [-0.2, -0.15) is 0 Å². The van der Waals surface area contributed by atoms with Crippen molar-refractivity contribution in [2.75, 3.05) is 37.6 Å². The Morgan fingerprint density at radius 2 is 1.57 bits per heavy atom. The molecule has 0 saturated carbocycles. The maximum absolute atomic E-state index is 12.6. The number of rotatable bonds is 4. The van der Waals surface area contributed by atoms with Crippen LogP contribution in [0.4, 0.5) is 5.69 Å². The summed E-state index contributed by atoms with van der Waals surface area (Å²) in [6.07, 6.45) is 5.46. The summed E-state index contributed by atoms with van der Waals surface area (Å²) < 4.78 is 0. The largest absolute Gasteiger partial charge is 0.368 e. The van der Waals surface area contributed by atoms with Crippen molar-refractivity contribution < 1.29 is 14.4 Å². The molecule has 0 spiro atoms. The number of piperazine rings is 1. The van der Waals surface area contributed by atoms with Crippen LogP contribution < -0.4 is 4.90 Å². The van der Waals surface area contributed by atoms with Gasteiger partial charge >= 0.3 is 0 Å². The first-order chi connectivity index (χ1) is 13.6. The standard InChI is InChI=1S/C22H27N3O3/c1-16-6-2-5-9-19(16)23-12-14-24(15-13-23)20(26)10-11-25-21(27)17-7-3-4-8-18(17)22(25)28/h2-6,9,17-18H,7-8,10-15H2,1H3/t17-,18-/m1/s1. The minimum atomic E-state index is -0.217. The second kappa shape index (κ2) is 7.78. The zero-order chi connectivity index (χ0) is 19.7. The van der Waals surface area contributed by atoms with Crippen molar-refractivity contribution in [3.8, 4) is 0 Å². The summed E-state index contributed by atoms with van der Waals surface area (Å²) in [4.78, 5) is 43.1. The van der Waals surface area contributed by atoms with Crippen LogP contribution in [0.2, 0.25) is 0 Å². The summed E-state index contributed by atoms with van der Waals surface area (Å²) >= 11 is 0. The van der Waals surface area contributed by atoms with Gasteiger partial charge in [0.05, 0.1) is 11.8 Å². The summed E-state index contributed by atoms with van der Waals surface area (Å²) in [5, 5.41) is 0. The molecule has 2 aliphatic heterocycles. The average molecular weight is 381 g/mol. The van der Waals surface area contributed by atoms with Gasteiger partial charge in [-0.1, -0.05) is 30.4 Å². The molecule has 28 heavy (non-hydrogen) atoms. The fraction of sp³-hybridized carbons (Fsp3) is 0.500. The lowest BCUT2D eigenvalue weighted by Crippen LogP contribution is -2.49. The highest BCUT2D eigenvalue weighted by Crippen LogP contribution is 2.35.